The van der Waals surface area contributed by atoms with Gasteiger partial charge in [0.25, 0.3) is 5.91 Å². The van der Waals surface area contributed by atoms with Crippen molar-refractivity contribution >= 4 is 17.3 Å². The lowest BCUT2D eigenvalue weighted by Crippen LogP contribution is -2.54. The van der Waals surface area contributed by atoms with Crippen molar-refractivity contribution in [3.05, 3.63) is 71.3 Å². The molecule has 1 aromatic carbocycles. The predicted molar refractivity (Wildman–Crippen MR) is 136 cm³/mol. The van der Waals surface area contributed by atoms with Gasteiger partial charge in [-0.15, -0.1) is 0 Å². The third-order valence-electron chi connectivity index (χ3n) is 7.32. The van der Waals surface area contributed by atoms with E-state index in [2.05, 4.69) is 35.1 Å². The lowest BCUT2D eigenvalue weighted by Gasteiger charge is -2.47. The zero-order valence-electron chi connectivity index (χ0n) is 21.0. The first-order valence-electron chi connectivity index (χ1n) is 12.4. The molecule has 0 aliphatic carbocycles. The number of hydrogen-bond acceptors (Lipinski definition) is 5. The second-order valence-electron chi connectivity index (χ2n) is 10.0. The first kappa shape index (κ1) is 25.2. The number of ether oxygens (including phenoxy) is 1. The van der Waals surface area contributed by atoms with Gasteiger partial charge in [0.05, 0.1) is 30.6 Å². The normalized spacial score (nSPS) is 19.4. The van der Waals surface area contributed by atoms with Crippen LogP contribution in [0.2, 0.25) is 0 Å². The minimum absolute atomic E-state index is 0.113. The number of nitrogens with one attached hydrogen (secondary N) is 1. The molecule has 4 heterocycles. The number of amides is 1. The fourth-order valence-electron chi connectivity index (χ4n) is 5.29. The van der Waals surface area contributed by atoms with E-state index in [1.54, 1.807) is 6.07 Å². The maximum absolute atomic E-state index is 13.0. The van der Waals surface area contributed by atoms with Crippen LogP contribution in [0.25, 0.3) is 11.1 Å². The van der Waals surface area contributed by atoms with Crippen molar-refractivity contribution in [3.63, 3.8) is 0 Å². The highest BCUT2D eigenvalue weighted by Crippen LogP contribution is 2.40. The van der Waals surface area contributed by atoms with E-state index in [0.717, 1.165) is 53.3 Å². The Labute approximate surface area is 213 Å². The number of rotatable bonds is 4. The molecule has 1 fully saturated rings. The number of pyridine rings is 2. The SMILES string of the molecule is Cc1ccc(NC(=O)c2ccnc(C(F)(F)F)c2)cc1-c1cnc2c(c1)N1CCOC[C@H]1[C@@H](C(C)C)C2. The van der Waals surface area contributed by atoms with E-state index in [0.29, 0.717) is 36.8 Å². The number of carbonyl (C=O) groups is 1. The Bertz CT molecular complexity index is 1330. The maximum Gasteiger partial charge on any atom is 0.433 e. The van der Waals surface area contributed by atoms with E-state index in [1.165, 1.54) is 6.07 Å². The Morgan fingerprint density at radius 2 is 1.97 bits per heavy atom. The number of nitrogens with zero attached hydrogens (tertiary/aromatic N) is 3. The van der Waals surface area contributed by atoms with Gasteiger partial charge in [-0.25, -0.2) is 0 Å². The van der Waals surface area contributed by atoms with E-state index in [9.17, 15) is 18.0 Å². The molecule has 0 radical (unpaired) electrons. The lowest BCUT2D eigenvalue weighted by atomic mass is 9.80. The van der Waals surface area contributed by atoms with Crippen molar-refractivity contribution in [2.24, 2.45) is 11.8 Å². The van der Waals surface area contributed by atoms with Gasteiger partial charge in [0, 0.05) is 35.8 Å². The summed E-state index contributed by atoms with van der Waals surface area (Å²) < 4.78 is 44.9. The summed E-state index contributed by atoms with van der Waals surface area (Å²) in [7, 11) is 0. The van der Waals surface area contributed by atoms with Crippen LogP contribution in [0.3, 0.4) is 0 Å². The van der Waals surface area contributed by atoms with Crippen LogP contribution in [0.4, 0.5) is 24.5 Å². The minimum Gasteiger partial charge on any atom is -0.377 e. The van der Waals surface area contributed by atoms with Crippen LogP contribution in [0.1, 0.15) is 41.2 Å². The Balaban J connectivity index is 1.44. The predicted octanol–water partition coefficient (Wildman–Crippen LogP) is 5.76. The molecule has 1 saturated heterocycles. The molecule has 0 spiro atoms. The number of anilines is 2. The van der Waals surface area contributed by atoms with Gasteiger partial charge >= 0.3 is 6.18 Å². The Kier molecular flexibility index (Phi) is 6.66. The summed E-state index contributed by atoms with van der Waals surface area (Å²) in [5.41, 5.74) is 4.28. The summed E-state index contributed by atoms with van der Waals surface area (Å²) in [6.45, 7) is 8.67. The molecule has 0 saturated carbocycles. The number of alkyl halides is 3. The third-order valence-corrected chi connectivity index (χ3v) is 7.32. The molecule has 2 atom stereocenters. The minimum atomic E-state index is -4.62. The van der Waals surface area contributed by atoms with Crippen LogP contribution in [0.15, 0.2) is 48.8 Å². The monoisotopic (exact) mass is 510 g/mol. The summed E-state index contributed by atoms with van der Waals surface area (Å²) in [6, 6.07) is 9.93. The second kappa shape index (κ2) is 9.78. The molecule has 9 heteroatoms. The molecule has 0 bridgehead atoms. The van der Waals surface area contributed by atoms with E-state index >= 15 is 0 Å². The van der Waals surface area contributed by atoms with E-state index in [4.69, 9.17) is 9.72 Å². The largest absolute Gasteiger partial charge is 0.433 e. The van der Waals surface area contributed by atoms with Crippen LogP contribution >= 0.6 is 0 Å². The van der Waals surface area contributed by atoms with E-state index in [-0.39, 0.29) is 5.56 Å². The van der Waals surface area contributed by atoms with Crippen LogP contribution in [-0.2, 0) is 17.3 Å². The molecule has 1 N–H and O–H groups in total. The van der Waals surface area contributed by atoms with Crippen molar-refractivity contribution in [3.8, 4) is 11.1 Å². The van der Waals surface area contributed by atoms with Crippen LogP contribution in [0.5, 0.6) is 0 Å². The highest BCUT2D eigenvalue weighted by Gasteiger charge is 2.38. The number of fused-ring (bicyclic) bond motifs is 3. The number of aromatic nitrogens is 2. The van der Waals surface area contributed by atoms with Gasteiger partial charge in [-0.1, -0.05) is 19.9 Å². The standard InChI is InChI=1S/C28H29F3N4O2/c1-16(2)21-13-23-24(35-8-9-37-15-25(21)35)10-19(14-33-23)22-12-20(5-4-17(22)3)34-27(36)18-6-7-32-26(11-18)28(29,30)31/h4-7,10-12,14,16,21,25H,8-9,13,15H2,1-3H3,(H,34,36)/t21-,25+/m1/s1. The maximum atomic E-state index is 13.0. The zero-order valence-corrected chi connectivity index (χ0v) is 21.0. The summed E-state index contributed by atoms with van der Waals surface area (Å²) in [5, 5.41) is 2.72. The second-order valence-corrected chi connectivity index (χ2v) is 10.0. The van der Waals surface area contributed by atoms with Crippen LogP contribution in [0, 0.1) is 18.8 Å². The number of morpholine rings is 1. The molecule has 1 amide bonds. The number of halogens is 3. The fourth-order valence-corrected chi connectivity index (χ4v) is 5.29. The van der Waals surface area contributed by atoms with E-state index in [1.807, 2.05) is 25.3 Å². The van der Waals surface area contributed by atoms with Gasteiger partial charge < -0.3 is 15.0 Å². The molecular formula is C28H29F3N4O2. The highest BCUT2D eigenvalue weighted by molar-refractivity contribution is 6.04. The van der Waals surface area contributed by atoms with Gasteiger partial charge in [-0.3, -0.25) is 14.8 Å². The number of aryl methyl sites for hydroxylation is 1. The molecule has 37 heavy (non-hydrogen) atoms. The molecule has 194 valence electrons. The Morgan fingerprint density at radius 3 is 2.73 bits per heavy atom. The summed E-state index contributed by atoms with van der Waals surface area (Å²) >= 11 is 0. The zero-order chi connectivity index (χ0) is 26.3. The van der Waals surface area contributed by atoms with Gasteiger partial charge in [0.15, 0.2) is 0 Å². The van der Waals surface area contributed by atoms with Crippen molar-refractivity contribution in [2.45, 2.75) is 39.4 Å². The van der Waals surface area contributed by atoms with Crippen LogP contribution < -0.4 is 10.2 Å². The fraction of sp³-hybridized carbons (Fsp3) is 0.393. The number of carbonyl (C=O) groups excluding carboxylic acids is 1. The van der Waals surface area contributed by atoms with Crippen molar-refractivity contribution in [1.82, 2.24) is 9.97 Å². The van der Waals surface area contributed by atoms with Gasteiger partial charge in [0.1, 0.15) is 5.69 Å². The summed E-state index contributed by atoms with van der Waals surface area (Å²) in [5.74, 6) is 0.346. The molecule has 2 aliphatic rings. The third kappa shape index (κ3) is 5.05. The molecule has 3 aromatic rings. The average Bonchev–Trinajstić information content (AvgIpc) is 2.88. The van der Waals surface area contributed by atoms with Gasteiger partial charge in [0.2, 0.25) is 0 Å². The van der Waals surface area contributed by atoms with Crippen molar-refractivity contribution < 1.29 is 22.7 Å². The molecule has 6 nitrogen and oxygen atoms in total. The molecule has 2 aromatic heterocycles. The topological polar surface area (TPSA) is 67.4 Å². The highest BCUT2D eigenvalue weighted by atomic mass is 19.4. The smallest absolute Gasteiger partial charge is 0.377 e. The molecular weight excluding hydrogens is 481 g/mol. The van der Waals surface area contributed by atoms with Crippen molar-refractivity contribution in [1.29, 1.82) is 0 Å². The van der Waals surface area contributed by atoms with Crippen molar-refractivity contribution in [2.75, 3.05) is 30.0 Å². The summed E-state index contributed by atoms with van der Waals surface area (Å²) in [4.78, 5) is 23.3. The first-order valence-corrected chi connectivity index (χ1v) is 12.4. The average molecular weight is 511 g/mol. The Morgan fingerprint density at radius 1 is 1.16 bits per heavy atom. The molecule has 5 rings (SSSR count). The first-order chi connectivity index (χ1) is 17.6. The lowest BCUT2D eigenvalue weighted by molar-refractivity contribution is -0.141. The van der Waals surface area contributed by atoms with Gasteiger partial charge in [-0.05, 0) is 66.6 Å². The van der Waals surface area contributed by atoms with Crippen LogP contribution in [-0.4, -0.2) is 41.7 Å². The van der Waals surface area contributed by atoms with E-state index < -0.39 is 17.8 Å². The molecule has 0 unspecified atom stereocenters. The quantitative estimate of drug-likeness (QED) is 0.484. The molecule has 2 aliphatic heterocycles. The number of benzene rings is 1. The summed E-state index contributed by atoms with van der Waals surface area (Å²) in [6.07, 6.45) is -0.872. The Hall–Kier alpha value is -3.46. The van der Waals surface area contributed by atoms with Gasteiger partial charge in [-0.2, -0.15) is 13.2 Å². The number of hydrogen-bond donors (Lipinski definition) is 1.